The molecule has 1 heterocycles. The molecule has 1 aromatic rings. The van der Waals surface area contributed by atoms with Crippen LogP contribution >= 0.6 is 24.0 Å². The zero-order chi connectivity index (χ0) is 16.9. The van der Waals surface area contributed by atoms with Gasteiger partial charge in [0.15, 0.2) is 5.96 Å². The number of benzene rings is 1. The number of anilines is 1. The van der Waals surface area contributed by atoms with Gasteiger partial charge in [-0.2, -0.15) is 0 Å². The summed E-state index contributed by atoms with van der Waals surface area (Å²) in [5, 5.41) is 3.61. The average Bonchev–Trinajstić information content (AvgIpc) is 3.44. The number of guanidine groups is 1. The number of halogens is 1. The van der Waals surface area contributed by atoms with E-state index in [0.717, 1.165) is 44.6 Å². The van der Waals surface area contributed by atoms with Crippen LogP contribution < -0.4 is 10.2 Å². The maximum Gasteiger partial charge on any atom is 0.193 e. The Bertz CT molecular complexity index is 534. The van der Waals surface area contributed by atoms with E-state index < -0.39 is 0 Å². The molecule has 6 heteroatoms. The van der Waals surface area contributed by atoms with Crippen molar-refractivity contribution in [2.75, 3.05) is 58.8 Å². The molecule has 2 fully saturated rings. The number of para-hydroxylation sites is 1. The van der Waals surface area contributed by atoms with E-state index in [9.17, 15) is 0 Å². The van der Waals surface area contributed by atoms with E-state index in [1.54, 1.807) is 0 Å². The fraction of sp³-hybridized carbons (Fsp3) is 0.632. The lowest BCUT2D eigenvalue weighted by molar-refractivity contribution is 0.260. The monoisotopic (exact) mass is 457 g/mol. The van der Waals surface area contributed by atoms with E-state index in [2.05, 4.69) is 69.4 Å². The smallest absolute Gasteiger partial charge is 0.193 e. The fourth-order valence-electron chi connectivity index (χ4n) is 3.60. The molecule has 1 N–H and O–H groups in total. The molecule has 0 aromatic heterocycles. The molecule has 1 atom stereocenters. The van der Waals surface area contributed by atoms with Crippen LogP contribution in [0, 0.1) is 5.92 Å². The Balaban J connectivity index is 0.00000225. The number of nitrogens with one attached hydrogen (secondary N) is 1. The lowest BCUT2D eigenvalue weighted by Gasteiger charge is -2.38. The first kappa shape index (κ1) is 20.3. The van der Waals surface area contributed by atoms with E-state index in [4.69, 9.17) is 0 Å². The second-order valence-corrected chi connectivity index (χ2v) is 7.11. The molecule has 0 bridgehead atoms. The van der Waals surface area contributed by atoms with Gasteiger partial charge in [-0.05, 0) is 45.0 Å². The largest absolute Gasteiger partial charge is 0.368 e. The predicted molar refractivity (Wildman–Crippen MR) is 117 cm³/mol. The van der Waals surface area contributed by atoms with Crippen molar-refractivity contribution < 1.29 is 0 Å². The van der Waals surface area contributed by atoms with Crippen LogP contribution in [0.25, 0.3) is 0 Å². The van der Waals surface area contributed by atoms with Crippen LogP contribution in [0.2, 0.25) is 0 Å². The summed E-state index contributed by atoms with van der Waals surface area (Å²) in [6, 6.07) is 11.3. The molecule has 25 heavy (non-hydrogen) atoms. The minimum absolute atomic E-state index is 0. The van der Waals surface area contributed by atoms with Crippen LogP contribution in [-0.2, 0) is 0 Å². The molecular weight excluding hydrogens is 425 g/mol. The van der Waals surface area contributed by atoms with Crippen molar-refractivity contribution in [2.45, 2.75) is 18.9 Å². The summed E-state index contributed by atoms with van der Waals surface area (Å²) in [6.07, 6.45) is 2.75. The molecule has 3 rings (SSSR count). The zero-order valence-corrected chi connectivity index (χ0v) is 18.0. The number of rotatable bonds is 5. The summed E-state index contributed by atoms with van der Waals surface area (Å²) in [6.45, 7) is 5.12. The Hall–Kier alpha value is -1.02. The first-order valence-electron chi connectivity index (χ1n) is 9.11. The number of aliphatic imine (C=N–C) groups is 1. The first-order chi connectivity index (χ1) is 11.7. The van der Waals surface area contributed by atoms with Crippen LogP contribution in [0.1, 0.15) is 12.8 Å². The molecule has 0 radical (unpaired) electrons. The van der Waals surface area contributed by atoms with Gasteiger partial charge < -0.3 is 20.0 Å². The van der Waals surface area contributed by atoms with Gasteiger partial charge in [0.05, 0.1) is 0 Å². The lowest BCUT2D eigenvalue weighted by atomic mass is 10.1. The van der Waals surface area contributed by atoms with E-state index in [1.807, 2.05) is 7.05 Å². The molecular formula is C19H32IN5. The van der Waals surface area contributed by atoms with Crippen LogP contribution in [0.3, 0.4) is 0 Å². The SMILES string of the molecule is CN=C(NCC(C1CC1)N(C)C)N1CCN(c2ccccc2)CC1.I. The van der Waals surface area contributed by atoms with Crippen molar-refractivity contribution in [3.63, 3.8) is 0 Å². The van der Waals surface area contributed by atoms with Gasteiger partial charge in [-0.15, -0.1) is 24.0 Å². The van der Waals surface area contributed by atoms with E-state index in [-0.39, 0.29) is 24.0 Å². The Labute approximate surface area is 169 Å². The highest BCUT2D eigenvalue weighted by atomic mass is 127. The maximum atomic E-state index is 4.51. The summed E-state index contributed by atoms with van der Waals surface area (Å²) in [5.41, 5.74) is 1.32. The summed E-state index contributed by atoms with van der Waals surface area (Å²) in [4.78, 5) is 11.7. The van der Waals surface area contributed by atoms with Crippen LogP contribution in [0.15, 0.2) is 35.3 Å². The number of likely N-dealkylation sites (N-methyl/N-ethyl adjacent to an activating group) is 1. The molecule has 1 aromatic carbocycles. The van der Waals surface area contributed by atoms with E-state index in [1.165, 1.54) is 18.5 Å². The Morgan fingerprint density at radius 2 is 1.80 bits per heavy atom. The average molecular weight is 457 g/mol. The molecule has 1 aliphatic heterocycles. The van der Waals surface area contributed by atoms with Gasteiger partial charge in [0.1, 0.15) is 0 Å². The van der Waals surface area contributed by atoms with Crippen LogP contribution in [0.5, 0.6) is 0 Å². The molecule has 2 aliphatic rings. The Morgan fingerprint density at radius 3 is 2.32 bits per heavy atom. The van der Waals surface area contributed by atoms with Gasteiger partial charge >= 0.3 is 0 Å². The molecule has 5 nitrogen and oxygen atoms in total. The van der Waals surface area contributed by atoms with Gasteiger partial charge in [-0.3, -0.25) is 4.99 Å². The molecule has 1 saturated heterocycles. The third kappa shape index (κ3) is 5.48. The second kappa shape index (κ2) is 9.62. The predicted octanol–water partition coefficient (Wildman–Crippen LogP) is 2.34. The normalized spacial score (nSPS) is 19.6. The van der Waals surface area contributed by atoms with Crippen molar-refractivity contribution >= 4 is 35.6 Å². The number of nitrogens with zero attached hydrogens (tertiary/aromatic N) is 4. The Kier molecular flexibility index (Phi) is 7.81. The summed E-state index contributed by atoms with van der Waals surface area (Å²) in [5.74, 6) is 1.91. The topological polar surface area (TPSA) is 34.1 Å². The summed E-state index contributed by atoms with van der Waals surface area (Å²) >= 11 is 0. The minimum Gasteiger partial charge on any atom is -0.368 e. The van der Waals surface area contributed by atoms with Gasteiger partial charge in [-0.1, -0.05) is 18.2 Å². The Morgan fingerprint density at radius 1 is 1.16 bits per heavy atom. The standard InChI is InChI=1S/C19H31N5.HI/c1-20-19(21-15-18(22(2)3)16-9-10-16)24-13-11-23(12-14-24)17-7-5-4-6-8-17;/h4-8,16,18H,9-15H2,1-3H3,(H,20,21);1H. The first-order valence-corrected chi connectivity index (χ1v) is 9.11. The second-order valence-electron chi connectivity index (χ2n) is 7.11. The van der Waals surface area contributed by atoms with Crippen molar-refractivity contribution in [1.29, 1.82) is 0 Å². The summed E-state index contributed by atoms with van der Waals surface area (Å²) in [7, 11) is 6.27. The van der Waals surface area contributed by atoms with Crippen molar-refractivity contribution in [3.8, 4) is 0 Å². The number of piperazine rings is 1. The van der Waals surface area contributed by atoms with Gasteiger partial charge in [0.25, 0.3) is 0 Å². The molecule has 0 amide bonds. The van der Waals surface area contributed by atoms with Crippen molar-refractivity contribution in [1.82, 2.24) is 15.1 Å². The highest BCUT2D eigenvalue weighted by Crippen LogP contribution is 2.34. The van der Waals surface area contributed by atoms with Crippen molar-refractivity contribution in [3.05, 3.63) is 30.3 Å². The van der Waals surface area contributed by atoms with Gasteiger partial charge in [-0.25, -0.2) is 0 Å². The maximum absolute atomic E-state index is 4.51. The lowest BCUT2D eigenvalue weighted by Crippen LogP contribution is -2.54. The fourth-order valence-corrected chi connectivity index (χ4v) is 3.60. The molecule has 1 aliphatic carbocycles. The third-order valence-electron chi connectivity index (χ3n) is 5.21. The van der Waals surface area contributed by atoms with Crippen LogP contribution in [0.4, 0.5) is 5.69 Å². The van der Waals surface area contributed by atoms with E-state index >= 15 is 0 Å². The highest BCUT2D eigenvalue weighted by molar-refractivity contribution is 14.0. The zero-order valence-electron chi connectivity index (χ0n) is 15.7. The van der Waals surface area contributed by atoms with Crippen molar-refractivity contribution in [2.24, 2.45) is 10.9 Å². The number of hydrogen-bond acceptors (Lipinski definition) is 3. The van der Waals surface area contributed by atoms with Gasteiger partial charge in [0.2, 0.25) is 0 Å². The quantitative estimate of drug-likeness (QED) is 0.418. The molecule has 1 unspecified atom stereocenters. The highest BCUT2D eigenvalue weighted by Gasteiger charge is 2.32. The van der Waals surface area contributed by atoms with Gasteiger partial charge in [0, 0.05) is 51.5 Å². The summed E-state index contributed by atoms with van der Waals surface area (Å²) < 4.78 is 0. The van der Waals surface area contributed by atoms with Crippen LogP contribution in [-0.4, -0.2) is 75.7 Å². The molecule has 1 saturated carbocycles. The minimum atomic E-state index is 0. The number of hydrogen-bond donors (Lipinski definition) is 1. The van der Waals surface area contributed by atoms with E-state index in [0.29, 0.717) is 6.04 Å². The molecule has 0 spiro atoms. The molecule has 140 valence electrons. The third-order valence-corrected chi connectivity index (χ3v) is 5.21.